The van der Waals surface area contributed by atoms with E-state index in [0.29, 0.717) is 13.1 Å². The van der Waals surface area contributed by atoms with E-state index in [1.807, 2.05) is 11.8 Å². The third kappa shape index (κ3) is 8.16. The van der Waals surface area contributed by atoms with Gasteiger partial charge in [-0.15, -0.1) is 0 Å². The third-order valence-corrected chi connectivity index (χ3v) is 2.78. The number of rotatable bonds is 8. The molecule has 0 saturated heterocycles. The Bertz CT molecular complexity index is 220. The number of hydrogen-bond acceptors (Lipinski definition) is 3. The molecule has 0 unspecified atom stereocenters. The standard InChI is InChI=1S/C13H28N2O2/c1-6-11(7-2)14-12(16)9-15(8-3)10-13(4,5)17/h11,17H,6-10H2,1-5H3,(H,14,16). The molecule has 0 rings (SSSR count). The Labute approximate surface area is 105 Å². The van der Waals surface area contributed by atoms with Gasteiger partial charge in [0.15, 0.2) is 0 Å². The fraction of sp³-hybridized carbons (Fsp3) is 0.923. The Hall–Kier alpha value is -0.610. The van der Waals surface area contributed by atoms with Gasteiger partial charge in [-0.3, -0.25) is 9.69 Å². The van der Waals surface area contributed by atoms with E-state index in [-0.39, 0.29) is 11.9 Å². The number of likely N-dealkylation sites (N-methyl/N-ethyl adjacent to an activating group) is 1. The maximum absolute atomic E-state index is 11.8. The van der Waals surface area contributed by atoms with E-state index in [0.717, 1.165) is 19.4 Å². The molecule has 0 spiro atoms. The summed E-state index contributed by atoms with van der Waals surface area (Å²) >= 11 is 0. The molecule has 102 valence electrons. The molecule has 2 N–H and O–H groups in total. The van der Waals surface area contributed by atoms with Gasteiger partial charge in [0, 0.05) is 12.6 Å². The molecule has 0 bridgehead atoms. The predicted octanol–water partition coefficient (Wildman–Crippen LogP) is 1.38. The Morgan fingerprint density at radius 2 is 1.82 bits per heavy atom. The van der Waals surface area contributed by atoms with Crippen LogP contribution in [0.1, 0.15) is 47.5 Å². The van der Waals surface area contributed by atoms with Crippen molar-refractivity contribution in [3.05, 3.63) is 0 Å². The summed E-state index contributed by atoms with van der Waals surface area (Å²) < 4.78 is 0. The van der Waals surface area contributed by atoms with E-state index in [2.05, 4.69) is 19.2 Å². The maximum Gasteiger partial charge on any atom is 0.234 e. The lowest BCUT2D eigenvalue weighted by atomic mass is 10.1. The molecule has 0 atom stereocenters. The van der Waals surface area contributed by atoms with Crippen LogP contribution in [0.25, 0.3) is 0 Å². The van der Waals surface area contributed by atoms with E-state index < -0.39 is 5.60 Å². The highest BCUT2D eigenvalue weighted by molar-refractivity contribution is 5.78. The minimum Gasteiger partial charge on any atom is -0.389 e. The van der Waals surface area contributed by atoms with Crippen LogP contribution in [0.4, 0.5) is 0 Å². The quantitative estimate of drug-likeness (QED) is 0.678. The molecule has 0 saturated carbocycles. The Morgan fingerprint density at radius 1 is 1.29 bits per heavy atom. The first-order chi connectivity index (χ1) is 7.82. The third-order valence-electron chi connectivity index (χ3n) is 2.78. The number of hydrogen-bond donors (Lipinski definition) is 2. The molecule has 0 heterocycles. The second-order valence-corrected chi connectivity index (χ2v) is 5.20. The number of aliphatic hydroxyl groups is 1. The zero-order chi connectivity index (χ0) is 13.5. The maximum atomic E-state index is 11.8. The van der Waals surface area contributed by atoms with Gasteiger partial charge in [0.05, 0.1) is 12.1 Å². The van der Waals surface area contributed by atoms with Crippen LogP contribution in [-0.4, -0.2) is 47.2 Å². The minimum absolute atomic E-state index is 0.0461. The van der Waals surface area contributed by atoms with Crippen molar-refractivity contribution in [2.45, 2.75) is 59.1 Å². The summed E-state index contributed by atoms with van der Waals surface area (Å²) in [4.78, 5) is 13.7. The Morgan fingerprint density at radius 3 is 2.18 bits per heavy atom. The molecule has 0 fully saturated rings. The average molecular weight is 244 g/mol. The van der Waals surface area contributed by atoms with Gasteiger partial charge in [0.25, 0.3) is 0 Å². The van der Waals surface area contributed by atoms with Crippen LogP contribution >= 0.6 is 0 Å². The average Bonchev–Trinajstić information content (AvgIpc) is 2.23. The van der Waals surface area contributed by atoms with E-state index in [1.54, 1.807) is 13.8 Å². The van der Waals surface area contributed by atoms with Gasteiger partial charge in [0.2, 0.25) is 5.91 Å². The second kappa shape index (κ2) is 7.67. The number of nitrogens with one attached hydrogen (secondary N) is 1. The van der Waals surface area contributed by atoms with Crippen LogP contribution in [0.3, 0.4) is 0 Å². The Kier molecular flexibility index (Phi) is 7.39. The largest absolute Gasteiger partial charge is 0.389 e. The zero-order valence-electron chi connectivity index (χ0n) is 11.9. The number of carbonyl (C=O) groups excluding carboxylic acids is 1. The summed E-state index contributed by atoms with van der Waals surface area (Å²) in [5.74, 6) is 0.0461. The van der Waals surface area contributed by atoms with Crippen molar-refractivity contribution >= 4 is 5.91 Å². The summed E-state index contributed by atoms with van der Waals surface area (Å²) in [6, 6.07) is 0.267. The summed E-state index contributed by atoms with van der Waals surface area (Å²) in [7, 11) is 0. The normalized spacial score (nSPS) is 12.2. The van der Waals surface area contributed by atoms with Gasteiger partial charge in [-0.25, -0.2) is 0 Å². The first-order valence-electron chi connectivity index (χ1n) is 6.56. The van der Waals surface area contributed by atoms with E-state index in [9.17, 15) is 9.90 Å². The summed E-state index contributed by atoms with van der Waals surface area (Å²) in [6.07, 6.45) is 1.92. The van der Waals surface area contributed by atoms with E-state index in [1.165, 1.54) is 0 Å². The van der Waals surface area contributed by atoms with Gasteiger partial charge < -0.3 is 10.4 Å². The highest BCUT2D eigenvalue weighted by Gasteiger charge is 2.19. The molecular weight excluding hydrogens is 216 g/mol. The first-order valence-corrected chi connectivity index (χ1v) is 6.56. The molecule has 4 nitrogen and oxygen atoms in total. The lowest BCUT2D eigenvalue weighted by Crippen LogP contribution is -2.46. The molecule has 0 aromatic heterocycles. The second-order valence-electron chi connectivity index (χ2n) is 5.20. The van der Waals surface area contributed by atoms with Crippen molar-refractivity contribution in [1.29, 1.82) is 0 Å². The van der Waals surface area contributed by atoms with Gasteiger partial charge in [-0.05, 0) is 33.2 Å². The number of nitrogens with zero attached hydrogens (tertiary/aromatic N) is 1. The van der Waals surface area contributed by atoms with E-state index >= 15 is 0 Å². The fourth-order valence-electron chi connectivity index (χ4n) is 1.80. The van der Waals surface area contributed by atoms with Crippen LogP contribution in [-0.2, 0) is 4.79 Å². The van der Waals surface area contributed by atoms with Crippen molar-refractivity contribution in [2.75, 3.05) is 19.6 Å². The number of amides is 1. The van der Waals surface area contributed by atoms with Crippen LogP contribution < -0.4 is 5.32 Å². The summed E-state index contributed by atoms with van der Waals surface area (Å²) in [5.41, 5.74) is -0.759. The summed E-state index contributed by atoms with van der Waals surface area (Å²) in [6.45, 7) is 11.3. The lowest BCUT2D eigenvalue weighted by Gasteiger charge is -2.28. The highest BCUT2D eigenvalue weighted by atomic mass is 16.3. The molecule has 0 aliphatic rings. The predicted molar refractivity (Wildman–Crippen MR) is 70.9 cm³/mol. The van der Waals surface area contributed by atoms with Gasteiger partial charge in [0.1, 0.15) is 0 Å². The van der Waals surface area contributed by atoms with Gasteiger partial charge in [-0.2, -0.15) is 0 Å². The monoisotopic (exact) mass is 244 g/mol. The zero-order valence-corrected chi connectivity index (χ0v) is 11.9. The SMILES string of the molecule is CCC(CC)NC(=O)CN(CC)CC(C)(C)O. The smallest absolute Gasteiger partial charge is 0.234 e. The number of carbonyl (C=O) groups is 1. The van der Waals surface area contributed by atoms with Crippen LogP contribution in [0, 0.1) is 0 Å². The summed E-state index contributed by atoms with van der Waals surface area (Å²) in [5, 5.41) is 12.7. The minimum atomic E-state index is -0.759. The first kappa shape index (κ1) is 16.4. The molecule has 0 aromatic carbocycles. The van der Waals surface area contributed by atoms with Crippen molar-refractivity contribution in [3.8, 4) is 0 Å². The molecule has 0 aliphatic carbocycles. The van der Waals surface area contributed by atoms with Crippen LogP contribution in [0.15, 0.2) is 0 Å². The Balaban J connectivity index is 4.15. The fourth-order valence-corrected chi connectivity index (χ4v) is 1.80. The van der Waals surface area contributed by atoms with E-state index in [4.69, 9.17) is 0 Å². The molecule has 4 heteroatoms. The molecule has 0 aliphatic heterocycles. The van der Waals surface area contributed by atoms with Crippen LogP contribution in [0.5, 0.6) is 0 Å². The lowest BCUT2D eigenvalue weighted by molar-refractivity contribution is -0.123. The van der Waals surface area contributed by atoms with Crippen molar-refractivity contribution in [2.24, 2.45) is 0 Å². The molecule has 1 amide bonds. The molecule has 17 heavy (non-hydrogen) atoms. The van der Waals surface area contributed by atoms with Crippen molar-refractivity contribution < 1.29 is 9.90 Å². The van der Waals surface area contributed by atoms with Gasteiger partial charge >= 0.3 is 0 Å². The molecule has 0 radical (unpaired) electrons. The van der Waals surface area contributed by atoms with Gasteiger partial charge in [-0.1, -0.05) is 20.8 Å². The van der Waals surface area contributed by atoms with Crippen LogP contribution in [0.2, 0.25) is 0 Å². The molecular formula is C13H28N2O2. The highest BCUT2D eigenvalue weighted by Crippen LogP contribution is 2.04. The molecule has 0 aromatic rings. The van der Waals surface area contributed by atoms with Crippen molar-refractivity contribution in [1.82, 2.24) is 10.2 Å². The van der Waals surface area contributed by atoms with Crippen molar-refractivity contribution in [3.63, 3.8) is 0 Å². The topological polar surface area (TPSA) is 52.6 Å².